The van der Waals surface area contributed by atoms with Gasteiger partial charge >= 0.3 is 41.5 Å². The summed E-state index contributed by atoms with van der Waals surface area (Å²) in [7, 11) is 0. The second-order valence-electron chi connectivity index (χ2n) is 2.54. The van der Waals surface area contributed by atoms with E-state index in [1.165, 1.54) is 0 Å². The second-order valence-corrected chi connectivity index (χ2v) is 2.54. The Bertz CT molecular complexity index is 160. The number of carboxylic acid groups (broad SMARTS) is 2. The molecule has 12 heavy (non-hydrogen) atoms. The van der Waals surface area contributed by atoms with E-state index >= 15 is 0 Å². The third-order valence-corrected chi connectivity index (χ3v) is 1.75. The van der Waals surface area contributed by atoms with Gasteiger partial charge in [-0.3, -0.25) is 9.59 Å². The zero-order chi connectivity index (χ0) is 9.02. The van der Waals surface area contributed by atoms with Crippen molar-refractivity contribution in [3.8, 4) is 0 Å². The summed E-state index contributed by atoms with van der Waals surface area (Å²) in [6, 6.07) is 0. The fraction of sp³-hybridized carbons (Fsp3) is 0.714. The molecule has 0 aromatic carbocycles. The average Bonchev–Trinajstić information content (AvgIpc) is 1.85. The maximum Gasteiger partial charge on any atom is 1.00 e. The summed E-state index contributed by atoms with van der Waals surface area (Å²) in [6.45, 7) is 3.39. The zero-order valence-corrected chi connectivity index (χ0v) is 9.57. The average molecular weight is 184 g/mol. The van der Waals surface area contributed by atoms with Crippen molar-refractivity contribution in [2.75, 3.05) is 0 Å². The van der Waals surface area contributed by atoms with Crippen LogP contribution >= 0.6 is 0 Å². The van der Waals surface area contributed by atoms with Gasteiger partial charge < -0.3 is 11.6 Å². The molecule has 0 aliphatic rings. The van der Waals surface area contributed by atoms with Gasteiger partial charge in [0, 0.05) is 0 Å². The normalized spacial score (nSPS) is 11.9. The number of carbonyl (C=O) groups is 2. The van der Waals surface area contributed by atoms with Crippen LogP contribution < -0.4 is 29.6 Å². The quantitative estimate of drug-likeness (QED) is 0.389. The van der Waals surface area contributed by atoms with Gasteiger partial charge in [0.15, 0.2) is 5.92 Å². The van der Waals surface area contributed by atoms with Crippen LogP contribution in [-0.4, -0.2) is 22.2 Å². The van der Waals surface area contributed by atoms with Gasteiger partial charge in [-0.05, 0) is 5.92 Å². The molecule has 0 aliphatic carbocycles. The summed E-state index contributed by atoms with van der Waals surface area (Å²) < 4.78 is 0. The molecule has 0 aromatic rings. The van der Waals surface area contributed by atoms with Crippen LogP contribution in [0.25, 0.3) is 0 Å². The van der Waals surface area contributed by atoms with Crippen LogP contribution in [0.4, 0.5) is 0 Å². The molecule has 0 saturated carbocycles. The van der Waals surface area contributed by atoms with Gasteiger partial charge in [0.05, 0.1) is 0 Å². The number of rotatable bonds is 4. The van der Waals surface area contributed by atoms with E-state index in [1.807, 2.05) is 0 Å². The van der Waals surface area contributed by atoms with Crippen molar-refractivity contribution in [1.29, 1.82) is 0 Å². The third-order valence-electron chi connectivity index (χ3n) is 1.75. The van der Waals surface area contributed by atoms with Gasteiger partial charge in [-0.1, -0.05) is 20.3 Å². The van der Waals surface area contributed by atoms with Gasteiger partial charge in [0.25, 0.3) is 0 Å². The minimum atomic E-state index is -1.26. The standard InChI is InChI=1S/C7H12O4.Na.H/c1-3-4(2)5(6(8)9)7(10)11;;/h4-5H,3H2,1-2H3,(H,8,9)(H,10,11);;/q;+1;-1. The first-order valence-corrected chi connectivity index (χ1v) is 3.46. The van der Waals surface area contributed by atoms with Crippen LogP contribution in [0.5, 0.6) is 0 Å². The molecular weight excluding hydrogens is 171 g/mol. The monoisotopic (exact) mass is 184 g/mol. The Morgan fingerprint density at radius 1 is 1.33 bits per heavy atom. The van der Waals surface area contributed by atoms with Crippen LogP contribution in [0, 0.1) is 11.8 Å². The van der Waals surface area contributed by atoms with Gasteiger partial charge in [0.1, 0.15) is 0 Å². The van der Waals surface area contributed by atoms with Crippen LogP contribution in [0.1, 0.15) is 21.7 Å². The topological polar surface area (TPSA) is 74.6 Å². The van der Waals surface area contributed by atoms with Crippen molar-refractivity contribution in [2.24, 2.45) is 11.8 Å². The molecule has 0 aromatic heterocycles. The molecule has 66 valence electrons. The predicted molar refractivity (Wildman–Crippen MR) is 39.3 cm³/mol. The van der Waals surface area contributed by atoms with Gasteiger partial charge in [-0.15, -0.1) is 0 Å². The Balaban J connectivity index is -0.000000500. The molecule has 1 unspecified atom stereocenters. The first-order chi connectivity index (χ1) is 5.00. The van der Waals surface area contributed by atoms with E-state index in [2.05, 4.69) is 0 Å². The molecule has 0 aliphatic heterocycles. The summed E-state index contributed by atoms with van der Waals surface area (Å²) in [5, 5.41) is 16.9. The van der Waals surface area contributed by atoms with E-state index < -0.39 is 17.9 Å². The molecule has 0 rings (SSSR count). The molecule has 0 spiro atoms. The van der Waals surface area contributed by atoms with Crippen molar-refractivity contribution >= 4 is 11.9 Å². The van der Waals surface area contributed by atoms with Crippen molar-refractivity contribution in [2.45, 2.75) is 20.3 Å². The predicted octanol–water partition coefficient (Wildman–Crippen LogP) is -2.07. The summed E-state index contributed by atoms with van der Waals surface area (Å²) in [5.74, 6) is -4.09. The number of hydrogen-bond acceptors (Lipinski definition) is 2. The molecule has 2 N–H and O–H groups in total. The number of hydrogen-bond donors (Lipinski definition) is 2. The van der Waals surface area contributed by atoms with Crippen molar-refractivity contribution in [1.82, 2.24) is 0 Å². The second kappa shape index (κ2) is 6.46. The molecule has 1 atom stereocenters. The van der Waals surface area contributed by atoms with E-state index in [0.29, 0.717) is 6.42 Å². The minimum Gasteiger partial charge on any atom is -1.00 e. The van der Waals surface area contributed by atoms with Crippen molar-refractivity contribution in [3.63, 3.8) is 0 Å². The van der Waals surface area contributed by atoms with Crippen molar-refractivity contribution in [3.05, 3.63) is 0 Å². The Hall–Kier alpha value is -0.0600. The Kier molecular flexibility index (Phi) is 7.78. The summed E-state index contributed by atoms with van der Waals surface area (Å²) >= 11 is 0. The zero-order valence-electron chi connectivity index (χ0n) is 8.57. The van der Waals surface area contributed by atoms with Crippen LogP contribution in [0.3, 0.4) is 0 Å². The van der Waals surface area contributed by atoms with E-state index in [9.17, 15) is 9.59 Å². The number of aliphatic carboxylic acids is 2. The van der Waals surface area contributed by atoms with Crippen LogP contribution in [0.15, 0.2) is 0 Å². The minimum absolute atomic E-state index is 0. The summed E-state index contributed by atoms with van der Waals surface area (Å²) in [4.78, 5) is 20.7. The Morgan fingerprint density at radius 3 is 1.75 bits per heavy atom. The van der Waals surface area contributed by atoms with E-state index in [4.69, 9.17) is 10.2 Å². The maximum absolute atomic E-state index is 10.4. The summed E-state index contributed by atoms with van der Waals surface area (Å²) in [5.41, 5.74) is 0. The molecule has 0 radical (unpaired) electrons. The van der Waals surface area contributed by atoms with Crippen LogP contribution in [0.2, 0.25) is 0 Å². The van der Waals surface area contributed by atoms with E-state index in [0.717, 1.165) is 0 Å². The molecule has 4 nitrogen and oxygen atoms in total. The molecule has 5 heteroatoms. The van der Waals surface area contributed by atoms with Gasteiger partial charge in [-0.25, -0.2) is 0 Å². The van der Waals surface area contributed by atoms with Gasteiger partial charge in [-0.2, -0.15) is 0 Å². The first-order valence-electron chi connectivity index (χ1n) is 3.46. The Labute approximate surface area is 94.7 Å². The molecule has 0 bridgehead atoms. The fourth-order valence-electron chi connectivity index (χ4n) is 0.828. The molecule has 0 saturated heterocycles. The van der Waals surface area contributed by atoms with Crippen molar-refractivity contribution < 1.29 is 50.8 Å². The fourth-order valence-corrected chi connectivity index (χ4v) is 0.828. The SMILES string of the molecule is CCC(C)C(C(=O)O)C(=O)O.[H-].[Na+]. The maximum atomic E-state index is 10.4. The van der Waals surface area contributed by atoms with Gasteiger partial charge in [0.2, 0.25) is 0 Å². The van der Waals surface area contributed by atoms with E-state index in [-0.39, 0.29) is 36.9 Å². The molecule has 0 heterocycles. The third kappa shape index (κ3) is 4.09. The van der Waals surface area contributed by atoms with Crippen LogP contribution in [-0.2, 0) is 9.59 Å². The molecular formula is C7H13NaO4. The molecule has 0 amide bonds. The number of carboxylic acids is 2. The first kappa shape index (κ1) is 14.5. The molecule has 0 fully saturated rings. The Morgan fingerprint density at radius 2 is 1.67 bits per heavy atom. The summed E-state index contributed by atoms with van der Waals surface area (Å²) in [6.07, 6.45) is 0.559. The smallest absolute Gasteiger partial charge is 1.00 e. The van der Waals surface area contributed by atoms with E-state index in [1.54, 1.807) is 13.8 Å². The largest absolute Gasteiger partial charge is 1.00 e.